The molecule has 30 heavy (non-hydrogen) atoms. The number of pyridine rings is 1. The van der Waals surface area contributed by atoms with Crippen LogP contribution in [0.2, 0.25) is 10.0 Å². The fourth-order valence-corrected chi connectivity index (χ4v) is 2.96. The average Bonchev–Trinajstić information content (AvgIpc) is 2.75. The van der Waals surface area contributed by atoms with E-state index in [9.17, 15) is 4.79 Å². The number of hydrogen-bond acceptors (Lipinski definition) is 5. The molecule has 0 saturated carbocycles. The third-order valence-corrected chi connectivity index (χ3v) is 4.63. The van der Waals surface area contributed by atoms with Crippen LogP contribution in [0.25, 0.3) is 0 Å². The molecule has 0 bridgehead atoms. The third-order valence-electron chi connectivity index (χ3n) is 4.09. The van der Waals surface area contributed by atoms with Gasteiger partial charge in [0, 0.05) is 29.9 Å². The van der Waals surface area contributed by atoms with E-state index >= 15 is 0 Å². The Morgan fingerprint density at radius 2 is 1.90 bits per heavy atom. The largest absolute Gasteiger partial charge is 0.497 e. The summed E-state index contributed by atoms with van der Waals surface area (Å²) < 4.78 is 16.5. The van der Waals surface area contributed by atoms with Crippen molar-refractivity contribution in [2.24, 2.45) is 0 Å². The van der Waals surface area contributed by atoms with Crippen molar-refractivity contribution < 1.29 is 19.0 Å². The summed E-state index contributed by atoms with van der Waals surface area (Å²) in [5.74, 6) is 1.87. The van der Waals surface area contributed by atoms with Gasteiger partial charge < -0.3 is 19.5 Å². The van der Waals surface area contributed by atoms with Crippen molar-refractivity contribution in [3.63, 3.8) is 0 Å². The Bertz CT molecular complexity index is 1010. The molecule has 0 spiro atoms. The highest BCUT2D eigenvalue weighted by Crippen LogP contribution is 2.28. The first kappa shape index (κ1) is 21.7. The van der Waals surface area contributed by atoms with E-state index in [-0.39, 0.29) is 5.91 Å². The minimum Gasteiger partial charge on any atom is -0.497 e. The molecule has 3 rings (SSSR count). The van der Waals surface area contributed by atoms with Crippen LogP contribution in [0.15, 0.2) is 60.8 Å². The Morgan fingerprint density at radius 3 is 2.60 bits per heavy atom. The number of halogens is 2. The Morgan fingerprint density at radius 1 is 1.10 bits per heavy atom. The number of rotatable bonds is 8. The number of amides is 1. The van der Waals surface area contributed by atoms with E-state index in [0.717, 1.165) is 5.56 Å². The predicted octanol–water partition coefficient (Wildman–Crippen LogP) is 5.27. The molecule has 0 aliphatic heterocycles. The number of methoxy groups -OCH3 is 1. The van der Waals surface area contributed by atoms with Crippen molar-refractivity contribution in [1.82, 2.24) is 10.3 Å². The maximum absolute atomic E-state index is 12.3. The second-order valence-electron chi connectivity index (χ2n) is 6.34. The summed E-state index contributed by atoms with van der Waals surface area (Å²) in [5, 5.41) is 3.65. The van der Waals surface area contributed by atoms with Crippen molar-refractivity contribution in [2.75, 3.05) is 7.11 Å². The molecule has 8 heteroatoms. The van der Waals surface area contributed by atoms with Crippen LogP contribution in [0, 0.1) is 0 Å². The molecule has 1 N–H and O–H groups in total. The van der Waals surface area contributed by atoms with Crippen LogP contribution in [-0.2, 0) is 11.3 Å². The fraction of sp³-hybridized carbons (Fsp3) is 0.182. The van der Waals surface area contributed by atoms with Crippen LogP contribution in [0.4, 0.5) is 0 Å². The van der Waals surface area contributed by atoms with E-state index in [2.05, 4.69) is 10.3 Å². The monoisotopic (exact) mass is 446 g/mol. The van der Waals surface area contributed by atoms with Gasteiger partial charge in [-0.05, 0) is 42.8 Å². The smallest absolute Gasteiger partial charge is 0.261 e. The Labute approximate surface area is 184 Å². The molecule has 3 aromatic rings. The highest BCUT2D eigenvalue weighted by molar-refractivity contribution is 6.35. The predicted molar refractivity (Wildman–Crippen MR) is 116 cm³/mol. The van der Waals surface area contributed by atoms with Gasteiger partial charge >= 0.3 is 0 Å². The lowest BCUT2D eigenvalue weighted by Crippen LogP contribution is -2.35. The van der Waals surface area contributed by atoms with E-state index in [1.807, 2.05) is 24.3 Å². The standard InChI is InChI=1S/C22H20Cl2N2O4/c1-14(29-20-8-7-16(23)10-19(20)24)22(27)26-13-15-6-9-21(25-12-15)30-18-5-3-4-17(11-18)28-2/h3-12,14H,13H2,1-2H3,(H,26,27). The minimum absolute atomic E-state index is 0.280. The summed E-state index contributed by atoms with van der Waals surface area (Å²) in [6.45, 7) is 1.94. The van der Waals surface area contributed by atoms with Gasteiger partial charge in [0.1, 0.15) is 17.2 Å². The lowest BCUT2D eigenvalue weighted by Gasteiger charge is -2.16. The SMILES string of the molecule is COc1cccc(Oc2ccc(CNC(=O)C(C)Oc3ccc(Cl)cc3Cl)cn2)c1. The third kappa shape index (κ3) is 6.02. The van der Waals surface area contributed by atoms with E-state index in [0.29, 0.717) is 39.7 Å². The van der Waals surface area contributed by atoms with Crippen LogP contribution in [-0.4, -0.2) is 24.1 Å². The quantitative estimate of drug-likeness (QED) is 0.509. The molecule has 1 amide bonds. The summed E-state index contributed by atoms with van der Waals surface area (Å²) in [6, 6.07) is 15.6. The molecular formula is C22H20Cl2N2O4. The van der Waals surface area contributed by atoms with Gasteiger partial charge in [0.2, 0.25) is 5.88 Å². The number of ether oxygens (including phenoxy) is 3. The molecule has 0 radical (unpaired) electrons. The summed E-state index contributed by atoms with van der Waals surface area (Å²) in [7, 11) is 1.59. The molecule has 6 nitrogen and oxygen atoms in total. The zero-order valence-electron chi connectivity index (χ0n) is 16.4. The van der Waals surface area contributed by atoms with Gasteiger partial charge in [-0.3, -0.25) is 4.79 Å². The molecule has 1 heterocycles. The van der Waals surface area contributed by atoms with Gasteiger partial charge in [-0.2, -0.15) is 0 Å². The molecule has 1 unspecified atom stereocenters. The number of carbonyl (C=O) groups excluding carboxylic acids is 1. The van der Waals surface area contributed by atoms with Gasteiger partial charge in [0.05, 0.1) is 12.1 Å². The molecule has 2 aromatic carbocycles. The topological polar surface area (TPSA) is 69.7 Å². The van der Waals surface area contributed by atoms with Gasteiger partial charge in [0.15, 0.2) is 6.10 Å². The molecule has 0 saturated heterocycles. The molecule has 0 aliphatic rings. The van der Waals surface area contributed by atoms with Crippen LogP contribution in [0.1, 0.15) is 12.5 Å². The number of aromatic nitrogens is 1. The fourth-order valence-electron chi connectivity index (χ4n) is 2.51. The number of hydrogen-bond donors (Lipinski definition) is 1. The number of benzene rings is 2. The van der Waals surface area contributed by atoms with Crippen LogP contribution >= 0.6 is 23.2 Å². The van der Waals surface area contributed by atoms with Crippen LogP contribution < -0.4 is 19.5 Å². The highest BCUT2D eigenvalue weighted by Gasteiger charge is 2.16. The summed E-state index contributed by atoms with van der Waals surface area (Å²) in [5.41, 5.74) is 0.818. The van der Waals surface area contributed by atoms with Crippen molar-refractivity contribution in [3.8, 4) is 23.1 Å². The second kappa shape index (κ2) is 10.2. The zero-order chi connectivity index (χ0) is 21.5. The van der Waals surface area contributed by atoms with Gasteiger partial charge in [-0.25, -0.2) is 4.98 Å². The zero-order valence-corrected chi connectivity index (χ0v) is 17.9. The van der Waals surface area contributed by atoms with Gasteiger partial charge in [-0.15, -0.1) is 0 Å². The average molecular weight is 447 g/mol. The maximum Gasteiger partial charge on any atom is 0.261 e. The molecule has 0 aliphatic carbocycles. The normalized spacial score (nSPS) is 11.5. The van der Waals surface area contributed by atoms with Crippen molar-refractivity contribution in [2.45, 2.75) is 19.6 Å². The Balaban J connectivity index is 1.52. The highest BCUT2D eigenvalue weighted by atomic mass is 35.5. The number of nitrogens with one attached hydrogen (secondary N) is 1. The molecule has 1 aromatic heterocycles. The number of nitrogens with zero attached hydrogens (tertiary/aromatic N) is 1. The van der Waals surface area contributed by atoms with E-state index in [1.165, 1.54) is 0 Å². The van der Waals surface area contributed by atoms with Crippen molar-refractivity contribution in [3.05, 3.63) is 76.4 Å². The second-order valence-corrected chi connectivity index (χ2v) is 7.18. The van der Waals surface area contributed by atoms with Gasteiger partial charge in [0.25, 0.3) is 5.91 Å². The molecule has 0 fully saturated rings. The molecule has 1 atom stereocenters. The maximum atomic E-state index is 12.3. The first-order chi connectivity index (χ1) is 14.4. The molecule has 156 valence electrons. The molecular weight excluding hydrogens is 427 g/mol. The lowest BCUT2D eigenvalue weighted by atomic mass is 10.2. The Hall–Kier alpha value is -2.96. The van der Waals surface area contributed by atoms with Crippen LogP contribution in [0.3, 0.4) is 0 Å². The minimum atomic E-state index is -0.729. The van der Waals surface area contributed by atoms with E-state index < -0.39 is 6.10 Å². The van der Waals surface area contributed by atoms with E-state index in [1.54, 1.807) is 50.6 Å². The van der Waals surface area contributed by atoms with Crippen molar-refractivity contribution in [1.29, 1.82) is 0 Å². The summed E-state index contributed by atoms with van der Waals surface area (Å²) in [4.78, 5) is 16.6. The number of carbonyl (C=O) groups is 1. The Kier molecular flexibility index (Phi) is 7.38. The van der Waals surface area contributed by atoms with Gasteiger partial charge in [-0.1, -0.05) is 35.3 Å². The summed E-state index contributed by atoms with van der Waals surface area (Å²) in [6.07, 6.45) is 0.907. The lowest BCUT2D eigenvalue weighted by molar-refractivity contribution is -0.127. The van der Waals surface area contributed by atoms with Crippen LogP contribution in [0.5, 0.6) is 23.1 Å². The first-order valence-corrected chi connectivity index (χ1v) is 9.86. The van der Waals surface area contributed by atoms with E-state index in [4.69, 9.17) is 37.4 Å². The van der Waals surface area contributed by atoms with Crippen molar-refractivity contribution >= 4 is 29.1 Å². The summed E-state index contributed by atoms with van der Waals surface area (Å²) >= 11 is 11.9. The first-order valence-electron chi connectivity index (χ1n) is 9.11.